The minimum atomic E-state index is -3.94. The third kappa shape index (κ3) is 5.14. The number of esters is 1. The van der Waals surface area contributed by atoms with Crippen molar-refractivity contribution in [2.24, 2.45) is 0 Å². The molecule has 0 amide bonds. The standard InChI is InChI=1S/C12H15NO7S/c1-20-12(17)9-4-2-8(3-5-9)7-21(18,19)13-10(6-14)11(15)16/h2-5,10,13-14H,6-7H2,1H3,(H,15,16)/t10-/m1/s1. The molecule has 1 aromatic rings. The molecule has 0 aromatic heterocycles. The topological polar surface area (TPSA) is 130 Å². The smallest absolute Gasteiger partial charge is 0.337 e. The number of aliphatic carboxylic acids is 1. The van der Waals surface area contributed by atoms with Gasteiger partial charge in [-0.05, 0) is 17.7 Å². The minimum Gasteiger partial charge on any atom is -0.480 e. The van der Waals surface area contributed by atoms with Gasteiger partial charge in [0.25, 0.3) is 0 Å². The molecule has 9 heteroatoms. The minimum absolute atomic E-state index is 0.269. The summed E-state index contributed by atoms with van der Waals surface area (Å²) >= 11 is 0. The second kappa shape index (κ2) is 7.16. The van der Waals surface area contributed by atoms with Gasteiger partial charge in [-0.25, -0.2) is 13.2 Å². The number of rotatable bonds is 7. The Balaban J connectivity index is 2.80. The van der Waals surface area contributed by atoms with Crippen molar-refractivity contribution in [3.63, 3.8) is 0 Å². The number of carboxylic acids is 1. The molecule has 8 nitrogen and oxygen atoms in total. The largest absolute Gasteiger partial charge is 0.480 e. The maximum atomic E-state index is 11.8. The van der Waals surface area contributed by atoms with E-state index >= 15 is 0 Å². The first kappa shape index (κ1) is 17.1. The molecule has 21 heavy (non-hydrogen) atoms. The van der Waals surface area contributed by atoms with Crippen LogP contribution in [0, 0.1) is 0 Å². The summed E-state index contributed by atoms with van der Waals surface area (Å²) in [6.45, 7) is -0.851. The molecule has 0 radical (unpaired) electrons. The summed E-state index contributed by atoms with van der Waals surface area (Å²) in [4.78, 5) is 21.9. The molecule has 0 saturated carbocycles. The zero-order chi connectivity index (χ0) is 16.0. The lowest BCUT2D eigenvalue weighted by molar-refractivity contribution is -0.139. The van der Waals surface area contributed by atoms with E-state index in [0.29, 0.717) is 5.56 Å². The van der Waals surface area contributed by atoms with Crippen LogP contribution in [0.2, 0.25) is 0 Å². The normalized spacial score (nSPS) is 12.7. The fourth-order valence-electron chi connectivity index (χ4n) is 1.50. The van der Waals surface area contributed by atoms with E-state index in [4.69, 9.17) is 10.2 Å². The zero-order valence-electron chi connectivity index (χ0n) is 11.1. The van der Waals surface area contributed by atoms with Crippen LogP contribution in [0.25, 0.3) is 0 Å². The van der Waals surface area contributed by atoms with Gasteiger partial charge in [0.05, 0.1) is 25.0 Å². The van der Waals surface area contributed by atoms with E-state index in [1.54, 1.807) is 0 Å². The Bertz CT molecular complexity index is 609. The average molecular weight is 317 g/mol. The van der Waals surface area contributed by atoms with E-state index in [1.807, 2.05) is 4.72 Å². The molecule has 1 aromatic carbocycles. The molecule has 1 rings (SSSR count). The third-order valence-corrected chi connectivity index (χ3v) is 3.89. The number of benzene rings is 1. The summed E-state index contributed by atoms with van der Waals surface area (Å²) in [5, 5.41) is 17.5. The highest BCUT2D eigenvalue weighted by atomic mass is 32.2. The van der Waals surface area contributed by atoms with Crippen molar-refractivity contribution >= 4 is 22.0 Å². The van der Waals surface area contributed by atoms with Crippen LogP contribution < -0.4 is 4.72 Å². The van der Waals surface area contributed by atoms with Crippen molar-refractivity contribution in [1.82, 2.24) is 4.72 Å². The number of aliphatic hydroxyl groups is 1. The van der Waals surface area contributed by atoms with Crippen LogP contribution >= 0.6 is 0 Å². The van der Waals surface area contributed by atoms with Crippen LogP contribution in [0.15, 0.2) is 24.3 Å². The van der Waals surface area contributed by atoms with Crippen molar-refractivity contribution in [2.75, 3.05) is 13.7 Å². The lowest BCUT2D eigenvalue weighted by Gasteiger charge is -2.12. The molecule has 0 bridgehead atoms. The first-order valence-corrected chi connectivity index (χ1v) is 7.45. The van der Waals surface area contributed by atoms with Crippen molar-refractivity contribution in [3.8, 4) is 0 Å². The number of sulfonamides is 1. The predicted molar refractivity (Wildman–Crippen MR) is 72.1 cm³/mol. The van der Waals surface area contributed by atoms with Gasteiger partial charge in [-0.3, -0.25) is 4.79 Å². The zero-order valence-corrected chi connectivity index (χ0v) is 12.0. The third-order valence-electron chi connectivity index (χ3n) is 2.53. The van der Waals surface area contributed by atoms with Crippen LogP contribution in [0.5, 0.6) is 0 Å². The Morgan fingerprint density at radius 3 is 2.29 bits per heavy atom. The quantitative estimate of drug-likeness (QED) is 0.569. The summed E-state index contributed by atoms with van der Waals surface area (Å²) in [6, 6.07) is 4.04. The molecule has 0 aliphatic heterocycles. The molecule has 116 valence electrons. The second-order valence-electron chi connectivity index (χ2n) is 4.14. The maximum absolute atomic E-state index is 11.8. The summed E-state index contributed by atoms with van der Waals surface area (Å²) in [6.07, 6.45) is 0. The summed E-state index contributed by atoms with van der Waals surface area (Å²) in [5.74, 6) is -2.49. The highest BCUT2D eigenvalue weighted by Gasteiger charge is 2.23. The number of hydrogen-bond donors (Lipinski definition) is 3. The molecule has 0 aliphatic rings. The Morgan fingerprint density at radius 2 is 1.86 bits per heavy atom. The molecular formula is C12H15NO7S. The fraction of sp³-hybridized carbons (Fsp3) is 0.333. The van der Waals surface area contributed by atoms with E-state index in [1.165, 1.54) is 31.4 Å². The number of methoxy groups -OCH3 is 1. The Hall–Kier alpha value is -1.97. The van der Waals surface area contributed by atoms with Crippen molar-refractivity contribution in [1.29, 1.82) is 0 Å². The molecular weight excluding hydrogens is 302 g/mol. The highest BCUT2D eigenvalue weighted by molar-refractivity contribution is 7.88. The molecule has 0 unspecified atom stereocenters. The first-order chi connectivity index (χ1) is 9.79. The van der Waals surface area contributed by atoms with Gasteiger partial charge in [-0.15, -0.1) is 0 Å². The van der Waals surface area contributed by atoms with Gasteiger partial charge >= 0.3 is 11.9 Å². The molecule has 0 spiro atoms. The van der Waals surface area contributed by atoms with E-state index in [2.05, 4.69) is 4.74 Å². The van der Waals surface area contributed by atoms with E-state index in [0.717, 1.165) is 0 Å². The van der Waals surface area contributed by atoms with Crippen LogP contribution in [0.3, 0.4) is 0 Å². The van der Waals surface area contributed by atoms with Gasteiger partial charge in [0.1, 0.15) is 6.04 Å². The molecule has 0 fully saturated rings. The van der Waals surface area contributed by atoms with Gasteiger partial charge in [0.2, 0.25) is 10.0 Å². The van der Waals surface area contributed by atoms with E-state index in [9.17, 15) is 18.0 Å². The average Bonchev–Trinajstić information content (AvgIpc) is 2.44. The monoisotopic (exact) mass is 317 g/mol. The number of carbonyl (C=O) groups is 2. The van der Waals surface area contributed by atoms with Gasteiger partial charge in [-0.1, -0.05) is 12.1 Å². The summed E-state index contributed by atoms with van der Waals surface area (Å²) in [5.41, 5.74) is 0.627. The van der Waals surface area contributed by atoms with Gasteiger partial charge in [0, 0.05) is 0 Å². The number of ether oxygens (including phenoxy) is 1. The van der Waals surface area contributed by atoms with Crippen molar-refractivity contribution < 1.29 is 33.0 Å². The first-order valence-electron chi connectivity index (χ1n) is 5.80. The van der Waals surface area contributed by atoms with E-state index in [-0.39, 0.29) is 5.56 Å². The highest BCUT2D eigenvalue weighted by Crippen LogP contribution is 2.09. The number of carbonyl (C=O) groups excluding carboxylic acids is 1. The number of carboxylic acid groups (broad SMARTS) is 1. The Kier molecular flexibility index (Phi) is 5.82. The Morgan fingerprint density at radius 1 is 1.29 bits per heavy atom. The van der Waals surface area contributed by atoms with Crippen LogP contribution in [-0.2, 0) is 25.3 Å². The lowest BCUT2D eigenvalue weighted by atomic mass is 10.1. The molecule has 3 N–H and O–H groups in total. The number of hydrogen-bond acceptors (Lipinski definition) is 6. The van der Waals surface area contributed by atoms with Crippen LogP contribution in [-0.4, -0.2) is 50.3 Å². The molecule has 1 atom stereocenters. The van der Waals surface area contributed by atoms with Gasteiger partial charge < -0.3 is 14.9 Å². The molecule has 0 heterocycles. The van der Waals surface area contributed by atoms with Gasteiger partial charge in [0.15, 0.2) is 0 Å². The number of aliphatic hydroxyl groups excluding tert-OH is 1. The maximum Gasteiger partial charge on any atom is 0.337 e. The predicted octanol–water partition coefficient (Wildman–Crippen LogP) is -0.662. The van der Waals surface area contributed by atoms with Crippen molar-refractivity contribution in [3.05, 3.63) is 35.4 Å². The summed E-state index contributed by atoms with van der Waals surface area (Å²) < 4.78 is 29.9. The Labute approximate surface area is 121 Å². The van der Waals surface area contributed by atoms with E-state index < -0.39 is 40.4 Å². The lowest BCUT2D eigenvalue weighted by Crippen LogP contribution is -2.43. The van der Waals surface area contributed by atoms with Crippen LogP contribution in [0.1, 0.15) is 15.9 Å². The van der Waals surface area contributed by atoms with Gasteiger partial charge in [-0.2, -0.15) is 4.72 Å². The van der Waals surface area contributed by atoms with Crippen LogP contribution in [0.4, 0.5) is 0 Å². The second-order valence-corrected chi connectivity index (χ2v) is 5.89. The molecule has 0 aliphatic carbocycles. The fourth-order valence-corrected chi connectivity index (χ4v) is 2.82. The SMILES string of the molecule is COC(=O)c1ccc(CS(=O)(=O)N[C@H](CO)C(=O)O)cc1. The number of nitrogens with one attached hydrogen (secondary N) is 1. The molecule has 0 saturated heterocycles. The van der Waals surface area contributed by atoms with Crippen molar-refractivity contribution in [2.45, 2.75) is 11.8 Å². The summed E-state index contributed by atoms with van der Waals surface area (Å²) in [7, 11) is -2.71.